The van der Waals surface area contributed by atoms with Crippen molar-refractivity contribution in [1.82, 2.24) is 0 Å². The average Bonchev–Trinajstić information content (AvgIpc) is 2.32. The quantitative estimate of drug-likeness (QED) is 0.792. The number of ether oxygens (including phenoxy) is 1. The Labute approximate surface area is 115 Å². The molecule has 0 aliphatic rings. The van der Waals surface area contributed by atoms with E-state index in [1.807, 2.05) is 37.3 Å². The van der Waals surface area contributed by atoms with E-state index in [1.54, 1.807) is 0 Å². The molecule has 0 spiro atoms. The third-order valence-electron chi connectivity index (χ3n) is 3.15. The fourth-order valence-electron chi connectivity index (χ4n) is 1.94. The lowest BCUT2D eigenvalue weighted by molar-refractivity contribution is 0.478. The van der Waals surface area contributed by atoms with Crippen LogP contribution in [-0.2, 0) is 5.41 Å². The molecule has 100 valence electrons. The van der Waals surface area contributed by atoms with E-state index >= 15 is 0 Å². The fraction of sp³-hybridized carbons (Fsp3) is 0.294. The molecule has 0 fully saturated rings. The second kappa shape index (κ2) is 4.96. The first-order valence-electron chi connectivity index (χ1n) is 6.51. The Morgan fingerprint density at radius 3 is 2.11 bits per heavy atom. The van der Waals surface area contributed by atoms with E-state index in [0.717, 1.165) is 22.7 Å². The van der Waals surface area contributed by atoms with Crippen LogP contribution in [0.25, 0.3) is 0 Å². The lowest BCUT2D eigenvalue weighted by atomic mass is 9.87. The van der Waals surface area contributed by atoms with Gasteiger partial charge in [-0.3, -0.25) is 0 Å². The zero-order valence-electron chi connectivity index (χ0n) is 12.0. The van der Waals surface area contributed by atoms with Crippen molar-refractivity contribution in [2.75, 3.05) is 5.73 Å². The molecular formula is C17H21NO. The minimum absolute atomic E-state index is 0.162. The van der Waals surface area contributed by atoms with E-state index in [1.165, 1.54) is 5.56 Å². The van der Waals surface area contributed by atoms with Crippen molar-refractivity contribution in [3.05, 3.63) is 53.6 Å². The van der Waals surface area contributed by atoms with E-state index in [2.05, 4.69) is 32.9 Å². The Bertz CT molecular complexity index is 565. The summed E-state index contributed by atoms with van der Waals surface area (Å²) in [6, 6.07) is 13.9. The van der Waals surface area contributed by atoms with Crippen LogP contribution < -0.4 is 10.5 Å². The molecule has 0 atom stereocenters. The maximum absolute atomic E-state index is 5.88. The van der Waals surface area contributed by atoms with E-state index in [9.17, 15) is 0 Å². The first-order chi connectivity index (χ1) is 8.86. The number of anilines is 1. The van der Waals surface area contributed by atoms with Crippen LogP contribution in [0.3, 0.4) is 0 Å². The highest BCUT2D eigenvalue weighted by Gasteiger charge is 2.13. The summed E-state index contributed by atoms with van der Waals surface area (Å²) < 4.78 is 5.88. The third-order valence-corrected chi connectivity index (χ3v) is 3.15. The van der Waals surface area contributed by atoms with Crippen molar-refractivity contribution in [2.24, 2.45) is 0 Å². The van der Waals surface area contributed by atoms with Gasteiger partial charge in [-0.05, 0) is 53.8 Å². The summed E-state index contributed by atoms with van der Waals surface area (Å²) in [6.45, 7) is 8.60. The van der Waals surface area contributed by atoms with Gasteiger partial charge in [-0.1, -0.05) is 32.9 Å². The molecule has 2 N–H and O–H groups in total. The number of nitrogens with two attached hydrogens (primary N) is 1. The highest BCUT2D eigenvalue weighted by atomic mass is 16.5. The van der Waals surface area contributed by atoms with Crippen molar-refractivity contribution in [3.63, 3.8) is 0 Å². The molecule has 0 heterocycles. The molecule has 2 nitrogen and oxygen atoms in total. The van der Waals surface area contributed by atoms with Crippen molar-refractivity contribution >= 4 is 5.69 Å². The lowest BCUT2D eigenvalue weighted by Gasteiger charge is -2.19. The van der Waals surface area contributed by atoms with Gasteiger partial charge in [-0.25, -0.2) is 0 Å². The molecule has 2 aromatic rings. The van der Waals surface area contributed by atoms with Crippen LogP contribution in [-0.4, -0.2) is 0 Å². The summed E-state index contributed by atoms with van der Waals surface area (Å²) in [5.74, 6) is 1.69. The SMILES string of the molecule is Cc1cc(N)ccc1Oc1ccc(C(C)(C)C)cc1. The molecule has 0 aromatic heterocycles. The average molecular weight is 255 g/mol. The van der Waals surface area contributed by atoms with Gasteiger partial charge in [0.1, 0.15) is 11.5 Å². The maximum atomic E-state index is 5.88. The summed E-state index contributed by atoms with van der Waals surface area (Å²) in [7, 11) is 0. The zero-order valence-corrected chi connectivity index (χ0v) is 12.0. The summed E-state index contributed by atoms with van der Waals surface area (Å²) in [6.07, 6.45) is 0. The van der Waals surface area contributed by atoms with Gasteiger partial charge in [0.2, 0.25) is 0 Å². The van der Waals surface area contributed by atoms with Crippen LogP contribution in [0.2, 0.25) is 0 Å². The smallest absolute Gasteiger partial charge is 0.130 e. The molecular weight excluding hydrogens is 234 g/mol. The molecule has 2 aromatic carbocycles. The largest absolute Gasteiger partial charge is 0.457 e. The van der Waals surface area contributed by atoms with Crippen molar-refractivity contribution in [1.29, 1.82) is 0 Å². The highest BCUT2D eigenvalue weighted by molar-refractivity contribution is 5.48. The Morgan fingerprint density at radius 1 is 0.947 bits per heavy atom. The van der Waals surface area contributed by atoms with Crippen LogP contribution in [0.5, 0.6) is 11.5 Å². The van der Waals surface area contributed by atoms with Crippen molar-refractivity contribution in [2.45, 2.75) is 33.1 Å². The monoisotopic (exact) mass is 255 g/mol. The fourth-order valence-corrected chi connectivity index (χ4v) is 1.94. The number of hydrogen-bond acceptors (Lipinski definition) is 2. The number of rotatable bonds is 2. The van der Waals surface area contributed by atoms with Gasteiger partial charge in [-0.15, -0.1) is 0 Å². The van der Waals surface area contributed by atoms with Gasteiger partial charge in [-0.2, -0.15) is 0 Å². The van der Waals surface area contributed by atoms with E-state index in [4.69, 9.17) is 10.5 Å². The van der Waals surface area contributed by atoms with Gasteiger partial charge in [0.05, 0.1) is 0 Å². The molecule has 19 heavy (non-hydrogen) atoms. The minimum Gasteiger partial charge on any atom is -0.457 e. The molecule has 0 amide bonds. The van der Waals surface area contributed by atoms with E-state index < -0.39 is 0 Å². The molecule has 0 radical (unpaired) electrons. The second-order valence-electron chi connectivity index (χ2n) is 5.90. The standard InChI is InChI=1S/C17H21NO/c1-12-11-14(18)7-10-16(12)19-15-8-5-13(6-9-15)17(2,3)4/h5-11H,18H2,1-4H3. The normalized spacial score (nSPS) is 11.4. The second-order valence-corrected chi connectivity index (χ2v) is 5.90. The van der Waals surface area contributed by atoms with Gasteiger partial charge < -0.3 is 10.5 Å². The number of nitrogen functional groups attached to an aromatic ring is 1. The molecule has 2 heteroatoms. The third kappa shape index (κ3) is 3.28. The Hall–Kier alpha value is -1.96. The Morgan fingerprint density at radius 2 is 1.58 bits per heavy atom. The summed E-state index contributed by atoms with van der Waals surface area (Å²) >= 11 is 0. The minimum atomic E-state index is 0.162. The molecule has 0 unspecified atom stereocenters. The lowest BCUT2D eigenvalue weighted by Crippen LogP contribution is -2.10. The van der Waals surface area contributed by atoms with Gasteiger partial charge >= 0.3 is 0 Å². The van der Waals surface area contributed by atoms with E-state index in [-0.39, 0.29) is 5.41 Å². The molecule has 2 rings (SSSR count). The topological polar surface area (TPSA) is 35.2 Å². The highest BCUT2D eigenvalue weighted by Crippen LogP contribution is 2.29. The van der Waals surface area contributed by atoms with Crippen LogP contribution in [0.4, 0.5) is 5.69 Å². The first kappa shape index (κ1) is 13.5. The first-order valence-corrected chi connectivity index (χ1v) is 6.51. The van der Waals surface area contributed by atoms with Gasteiger partial charge in [0.25, 0.3) is 0 Å². The van der Waals surface area contributed by atoms with Crippen molar-refractivity contribution in [3.8, 4) is 11.5 Å². The summed E-state index contributed by atoms with van der Waals surface area (Å²) in [5.41, 5.74) is 8.99. The predicted molar refractivity (Wildman–Crippen MR) is 80.8 cm³/mol. The molecule has 0 saturated carbocycles. The summed E-state index contributed by atoms with van der Waals surface area (Å²) in [4.78, 5) is 0. The number of benzene rings is 2. The summed E-state index contributed by atoms with van der Waals surface area (Å²) in [5, 5.41) is 0. The molecule has 0 bridgehead atoms. The van der Waals surface area contributed by atoms with Gasteiger partial charge in [0, 0.05) is 5.69 Å². The number of hydrogen-bond donors (Lipinski definition) is 1. The number of aryl methyl sites for hydroxylation is 1. The van der Waals surface area contributed by atoms with Crippen LogP contribution >= 0.6 is 0 Å². The maximum Gasteiger partial charge on any atom is 0.130 e. The van der Waals surface area contributed by atoms with Crippen LogP contribution in [0.1, 0.15) is 31.9 Å². The van der Waals surface area contributed by atoms with Crippen LogP contribution in [0.15, 0.2) is 42.5 Å². The Kier molecular flexibility index (Phi) is 3.52. The molecule has 0 aliphatic carbocycles. The predicted octanol–water partition coefficient (Wildman–Crippen LogP) is 4.67. The molecule has 0 aliphatic heterocycles. The van der Waals surface area contributed by atoms with Crippen LogP contribution in [0, 0.1) is 6.92 Å². The van der Waals surface area contributed by atoms with Crippen molar-refractivity contribution < 1.29 is 4.74 Å². The Balaban J connectivity index is 2.20. The molecule has 0 saturated heterocycles. The zero-order chi connectivity index (χ0) is 14.0. The van der Waals surface area contributed by atoms with E-state index in [0.29, 0.717) is 0 Å². The van der Waals surface area contributed by atoms with Gasteiger partial charge in [0.15, 0.2) is 0 Å².